The van der Waals surface area contributed by atoms with Gasteiger partial charge in [0.05, 0.1) is 27.2 Å². The van der Waals surface area contributed by atoms with Crippen LogP contribution in [0.25, 0.3) is 16.6 Å². The highest BCUT2D eigenvalue weighted by molar-refractivity contribution is 7.92. The molecule has 1 aromatic heterocycles. The fraction of sp³-hybridized carbons (Fsp3) is 0.130. The molecule has 0 saturated heterocycles. The summed E-state index contributed by atoms with van der Waals surface area (Å²) in [5.41, 5.74) is 3.26. The summed E-state index contributed by atoms with van der Waals surface area (Å²) in [6.07, 6.45) is 0. The minimum absolute atomic E-state index is 0.162. The molecule has 0 atom stereocenters. The van der Waals surface area contributed by atoms with Crippen molar-refractivity contribution in [1.29, 1.82) is 0 Å². The Bertz CT molecular complexity index is 1420. The number of anilines is 1. The lowest BCUT2D eigenvalue weighted by Crippen LogP contribution is -2.22. The predicted octanol–water partition coefficient (Wildman–Crippen LogP) is 4.11. The molecular formula is C23H21N3O3S. The Morgan fingerprint density at radius 3 is 2.30 bits per heavy atom. The molecule has 0 saturated carbocycles. The first-order valence-corrected chi connectivity index (χ1v) is 10.9. The molecule has 0 bridgehead atoms. The fourth-order valence-corrected chi connectivity index (χ4v) is 4.50. The highest BCUT2D eigenvalue weighted by atomic mass is 32.2. The van der Waals surface area contributed by atoms with Crippen LogP contribution in [0.2, 0.25) is 0 Å². The topological polar surface area (TPSA) is 81.1 Å². The second kappa shape index (κ2) is 7.42. The van der Waals surface area contributed by atoms with Crippen LogP contribution in [-0.4, -0.2) is 18.0 Å². The molecule has 6 nitrogen and oxygen atoms in total. The SMILES string of the molecule is Cc1ccc(S(=O)(=O)Nc2ccc(-n3c(C)nc4ccccc4c3=O)cc2C)cc1. The lowest BCUT2D eigenvalue weighted by atomic mass is 10.1. The molecular weight excluding hydrogens is 398 g/mol. The Hall–Kier alpha value is -3.45. The van der Waals surface area contributed by atoms with Crippen molar-refractivity contribution in [3.63, 3.8) is 0 Å². The first-order valence-electron chi connectivity index (χ1n) is 9.45. The summed E-state index contributed by atoms with van der Waals surface area (Å²) < 4.78 is 29.6. The summed E-state index contributed by atoms with van der Waals surface area (Å²) in [6.45, 7) is 5.47. The maximum absolute atomic E-state index is 13.0. The van der Waals surface area contributed by atoms with E-state index < -0.39 is 10.0 Å². The second-order valence-corrected chi connectivity index (χ2v) is 8.92. The van der Waals surface area contributed by atoms with Gasteiger partial charge in [-0.1, -0.05) is 29.8 Å². The normalized spacial score (nSPS) is 11.6. The van der Waals surface area contributed by atoms with Gasteiger partial charge in [0.1, 0.15) is 5.82 Å². The highest BCUT2D eigenvalue weighted by Gasteiger charge is 2.16. The number of para-hydroxylation sites is 1. The third kappa shape index (κ3) is 3.59. The maximum atomic E-state index is 13.0. The number of nitrogens with one attached hydrogen (secondary N) is 1. The number of hydrogen-bond donors (Lipinski definition) is 1. The molecule has 1 N–H and O–H groups in total. The van der Waals surface area contributed by atoms with Crippen molar-refractivity contribution in [2.75, 3.05) is 4.72 Å². The molecule has 0 aliphatic heterocycles. The van der Waals surface area contributed by atoms with Crippen molar-refractivity contribution in [2.45, 2.75) is 25.7 Å². The van der Waals surface area contributed by atoms with Crippen molar-refractivity contribution in [1.82, 2.24) is 9.55 Å². The van der Waals surface area contributed by atoms with E-state index in [0.29, 0.717) is 33.7 Å². The average Bonchev–Trinajstić information content (AvgIpc) is 2.70. The van der Waals surface area contributed by atoms with Crippen LogP contribution in [-0.2, 0) is 10.0 Å². The fourth-order valence-electron chi connectivity index (χ4n) is 3.37. The molecule has 0 aliphatic carbocycles. The van der Waals surface area contributed by atoms with E-state index in [2.05, 4.69) is 9.71 Å². The number of benzene rings is 3. The molecule has 0 aliphatic rings. The van der Waals surface area contributed by atoms with Crippen molar-refractivity contribution in [3.8, 4) is 5.69 Å². The van der Waals surface area contributed by atoms with Gasteiger partial charge in [-0.25, -0.2) is 13.4 Å². The van der Waals surface area contributed by atoms with E-state index in [0.717, 1.165) is 5.56 Å². The molecule has 0 radical (unpaired) electrons. The number of sulfonamides is 1. The third-order valence-electron chi connectivity index (χ3n) is 4.99. The van der Waals surface area contributed by atoms with E-state index in [-0.39, 0.29) is 10.5 Å². The van der Waals surface area contributed by atoms with Crippen LogP contribution in [0.3, 0.4) is 0 Å². The first-order chi connectivity index (χ1) is 14.3. The van der Waals surface area contributed by atoms with Crippen LogP contribution in [0.1, 0.15) is 17.0 Å². The molecule has 7 heteroatoms. The molecule has 0 amide bonds. The summed E-state index contributed by atoms with van der Waals surface area (Å²) in [5.74, 6) is 0.561. The maximum Gasteiger partial charge on any atom is 0.265 e. The van der Waals surface area contributed by atoms with Crippen molar-refractivity contribution in [2.24, 2.45) is 0 Å². The summed E-state index contributed by atoms with van der Waals surface area (Å²) in [5, 5.41) is 0.532. The zero-order valence-corrected chi connectivity index (χ0v) is 17.7. The average molecular weight is 420 g/mol. The van der Waals surface area contributed by atoms with Gasteiger partial charge in [0.25, 0.3) is 15.6 Å². The first kappa shape index (κ1) is 19.8. The highest BCUT2D eigenvalue weighted by Crippen LogP contribution is 2.23. The Kier molecular flexibility index (Phi) is 4.91. The summed E-state index contributed by atoms with van der Waals surface area (Å²) >= 11 is 0. The minimum Gasteiger partial charge on any atom is -0.279 e. The summed E-state index contributed by atoms with van der Waals surface area (Å²) in [4.78, 5) is 17.7. The number of nitrogens with zero attached hydrogens (tertiary/aromatic N) is 2. The number of aromatic nitrogens is 2. The van der Waals surface area contributed by atoms with Gasteiger partial charge in [0.15, 0.2) is 0 Å². The number of aryl methyl sites for hydroxylation is 3. The van der Waals surface area contributed by atoms with Gasteiger partial charge in [-0.05, 0) is 68.8 Å². The van der Waals surface area contributed by atoms with E-state index in [9.17, 15) is 13.2 Å². The Morgan fingerprint density at radius 2 is 1.60 bits per heavy atom. The van der Waals surface area contributed by atoms with Crippen LogP contribution in [0.5, 0.6) is 0 Å². The molecule has 4 aromatic rings. The van der Waals surface area contributed by atoms with Gasteiger partial charge >= 0.3 is 0 Å². The van der Waals surface area contributed by atoms with E-state index in [4.69, 9.17) is 0 Å². The van der Waals surface area contributed by atoms with Crippen LogP contribution >= 0.6 is 0 Å². The van der Waals surface area contributed by atoms with Crippen LogP contribution in [0, 0.1) is 20.8 Å². The van der Waals surface area contributed by atoms with E-state index in [1.807, 2.05) is 19.1 Å². The summed E-state index contributed by atoms with van der Waals surface area (Å²) in [6, 6.07) is 19.0. The zero-order valence-electron chi connectivity index (χ0n) is 16.9. The molecule has 3 aromatic carbocycles. The standard InChI is InChI=1S/C23H21N3O3S/c1-15-8-11-19(12-9-15)30(28,29)25-21-13-10-18(14-16(21)2)26-17(3)24-22-7-5-4-6-20(22)23(26)27/h4-14,25H,1-3H3. The number of hydrogen-bond acceptors (Lipinski definition) is 4. The molecule has 0 fully saturated rings. The lowest BCUT2D eigenvalue weighted by molar-refractivity contribution is 0.601. The van der Waals surface area contributed by atoms with Gasteiger partial charge in [0.2, 0.25) is 0 Å². The van der Waals surface area contributed by atoms with E-state index in [1.165, 1.54) is 4.57 Å². The van der Waals surface area contributed by atoms with E-state index in [1.54, 1.807) is 68.4 Å². The molecule has 30 heavy (non-hydrogen) atoms. The van der Waals surface area contributed by atoms with Crippen LogP contribution < -0.4 is 10.3 Å². The van der Waals surface area contributed by atoms with Gasteiger partial charge in [-0.15, -0.1) is 0 Å². The Balaban J connectivity index is 1.73. The Morgan fingerprint density at radius 1 is 0.900 bits per heavy atom. The van der Waals surface area contributed by atoms with Gasteiger partial charge in [0, 0.05) is 0 Å². The second-order valence-electron chi connectivity index (χ2n) is 7.23. The Labute approximate surface area is 174 Å². The predicted molar refractivity (Wildman–Crippen MR) is 119 cm³/mol. The minimum atomic E-state index is -3.71. The number of fused-ring (bicyclic) bond motifs is 1. The molecule has 152 valence electrons. The number of rotatable bonds is 4. The molecule has 0 unspecified atom stereocenters. The van der Waals surface area contributed by atoms with Gasteiger partial charge < -0.3 is 0 Å². The molecule has 4 rings (SSSR count). The van der Waals surface area contributed by atoms with Crippen LogP contribution in [0.15, 0.2) is 76.4 Å². The quantitative estimate of drug-likeness (QED) is 0.540. The van der Waals surface area contributed by atoms with Gasteiger partial charge in [-0.2, -0.15) is 0 Å². The van der Waals surface area contributed by atoms with Crippen molar-refractivity contribution >= 4 is 26.6 Å². The molecule has 0 spiro atoms. The largest absolute Gasteiger partial charge is 0.279 e. The third-order valence-corrected chi connectivity index (χ3v) is 6.37. The lowest BCUT2D eigenvalue weighted by Gasteiger charge is -2.15. The molecule has 1 heterocycles. The monoisotopic (exact) mass is 419 g/mol. The zero-order chi connectivity index (χ0) is 21.5. The summed E-state index contributed by atoms with van der Waals surface area (Å²) in [7, 11) is -3.71. The van der Waals surface area contributed by atoms with Gasteiger partial charge in [-0.3, -0.25) is 14.1 Å². The van der Waals surface area contributed by atoms with Crippen molar-refractivity contribution < 1.29 is 8.42 Å². The van der Waals surface area contributed by atoms with Crippen LogP contribution in [0.4, 0.5) is 5.69 Å². The smallest absolute Gasteiger partial charge is 0.265 e. The van der Waals surface area contributed by atoms with Crippen molar-refractivity contribution in [3.05, 3.63) is 94.0 Å². The van der Waals surface area contributed by atoms with E-state index >= 15 is 0 Å².